The lowest BCUT2D eigenvalue weighted by molar-refractivity contribution is -0.167. The number of esters is 1. The fraction of sp³-hybridized carbons (Fsp3) is 0.421. The summed E-state index contributed by atoms with van der Waals surface area (Å²) in [5.41, 5.74) is 0.0435. The first kappa shape index (κ1) is 16.0. The minimum Gasteiger partial charge on any atom is -0.467 e. The van der Waals surface area contributed by atoms with Crippen molar-refractivity contribution >= 4 is 16.7 Å². The molecule has 1 fully saturated rings. The van der Waals surface area contributed by atoms with Gasteiger partial charge in [0.2, 0.25) is 0 Å². The van der Waals surface area contributed by atoms with E-state index in [9.17, 15) is 9.90 Å². The standard InChI is InChI=1S/C19H23NO3/c1-23-18(21)19(22)10-13-20(14-11-19)12-9-16-7-4-6-15-5-2-3-8-17(15)16/h2-8,22H,9-14H2,1H3. The van der Waals surface area contributed by atoms with Gasteiger partial charge in [-0.2, -0.15) is 0 Å². The van der Waals surface area contributed by atoms with Crippen LogP contribution in [0.3, 0.4) is 0 Å². The fourth-order valence-corrected chi connectivity index (χ4v) is 3.33. The number of aliphatic hydroxyl groups is 1. The van der Waals surface area contributed by atoms with E-state index in [0.29, 0.717) is 12.8 Å². The number of likely N-dealkylation sites (tertiary alicyclic amines) is 1. The molecule has 1 aliphatic heterocycles. The number of ether oxygens (including phenoxy) is 1. The predicted molar refractivity (Wildman–Crippen MR) is 90.3 cm³/mol. The van der Waals surface area contributed by atoms with Gasteiger partial charge < -0.3 is 14.7 Å². The van der Waals surface area contributed by atoms with Gasteiger partial charge in [-0.15, -0.1) is 0 Å². The van der Waals surface area contributed by atoms with E-state index >= 15 is 0 Å². The normalized spacial score (nSPS) is 18.0. The van der Waals surface area contributed by atoms with Crippen molar-refractivity contribution in [3.8, 4) is 0 Å². The van der Waals surface area contributed by atoms with Crippen molar-refractivity contribution in [2.75, 3.05) is 26.7 Å². The van der Waals surface area contributed by atoms with Crippen LogP contribution in [0.5, 0.6) is 0 Å². The van der Waals surface area contributed by atoms with Crippen molar-refractivity contribution in [2.24, 2.45) is 0 Å². The van der Waals surface area contributed by atoms with Crippen molar-refractivity contribution in [3.05, 3.63) is 48.0 Å². The summed E-state index contributed by atoms with van der Waals surface area (Å²) in [7, 11) is 1.33. The molecule has 4 heteroatoms. The lowest BCUT2D eigenvalue weighted by Gasteiger charge is -2.36. The molecule has 2 aromatic carbocycles. The fourth-order valence-electron chi connectivity index (χ4n) is 3.33. The highest BCUT2D eigenvalue weighted by molar-refractivity contribution is 5.85. The second kappa shape index (κ2) is 6.69. The molecule has 4 nitrogen and oxygen atoms in total. The maximum absolute atomic E-state index is 11.6. The van der Waals surface area contributed by atoms with E-state index in [1.165, 1.54) is 23.4 Å². The van der Waals surface area contributed by atoms with Gasteiger partial charge in [-0.05, 0) is 35.6 Å². The van der Waals surface area contributed by atoms with Crippen LogP contribution in [0.4, 0.5) is 0 Å². The van der Waals surface area contributed by atoms with Gasteiger partial charge in [0.05, 0.1) is 7.11 Å². The molecule has 2 aromatic rings. The number of carbonyl (C=O) groups excluding carboxylic acids is 1. The first-order valence-electron chi connectivity index (χ1n) is 8.12. The molecule has 1 saturated heterocycles. The second-order valence-electron chi connectivity index (χ2n) is 6.25. The Morgan fingerprint density at radius 1 is 1.17 bits per heavy atom. The van der Waals surface area contributed by atoms with Gasteiger partial charge in [0.1, 0.15) is 0 Å². The summed E-state index contributed by atoms with van der Waals surface area (Å²) in [5, 5.41) is 12.9. The lowest BCUT2D eigenvalue weighted by Crippen LogP contribution is -2.50. The number of rotatable bonds is 4. The van der Waals surface area contributed by atoms with Crippen molar-refractivity contribution < 1.29 is 14.6 Å². The molecule has 1 heterocycles. The Bertz CT molecular complexity index is 685. The lowest BCUT2D eigenvalue weighted by atomic mass is 9.91. The average Bonchev–Trinajstić information content (AvgIpc) is 2.60. The third kappa shape index (κ3) is 3.38. The van der Waals surface area contributed by atoms with E-state index in [0.717, 1.165) is 26.1 Å². The number of fused-ring (bicyclic) bond motifs is 1. The van der Waals surface area contributed by atoms with Crippen LogP contribution < -0.4 is 0 Å². The zero-order valence-electron chi connectivity index (χ0n) is 13.5. The molecule has 0 spiro atoms. The Hall–Kier alpha value is -1.91. The zero-order chi connectivity index (χ0) is 16.3. The minimum absolute atomic E-state index is 0.440. The molecule has 1 aliphatic rings. The number of hydrogen-bond donors (Lipinski definition) is 1. The molecule has 0 bridgehead atoms. The van der Waals surface area contributed by atoms with E-state index in [-0.39, 0.29) is 0 Å². The van der Waals surface area contributed by atoms with E-state index in [1.807, 2.05) is 0 Å². The summed E-state index contributed by atoms with van der Waals surface area (Å²) in [5.74, 6) is -0.508. The van der Waals surface area contributed by atoms with Crippen molar-refractivity contribution in [2.45, 2.75) is 24.9 Å². The summed E-state index contributed by atoms with van der Waals surface area (Å²) >= 11 is 0. The molecule has 23 heavy (non-hydrogen) atoms. The predicted octanol–water partition coefficient (Wildman–Crippen LogP) is 2.38. The largest absolute Gasteiger partial charge is 0.467 e. The zero-order valence-corrected chi connectivity index (χ0v) is 13.5. The summed E-state index contributed by atoms with van der Waals surface area (Å²) < 4.78 is 4.70. The number of methoxy groups -OCH3 is 1. The Morgan fingerprint density at radius 2 is 1.87 bits per heavy atom. The number of nitrogens with zero attached hydrogens (tertiary/aromatic N) is 1. The minimum atomic E-state index is -1.30. The van der Waals surface area contributed by atoms with Crippen molar-refractivity contribution in [3.63, 3.8) is 0 Å². The van der Waals surface area contributed by atoms with Gasteiger partial charge in [-0.1, -0.05) is 42.5 Å². The van der Waals surface area contributed by atoms with E-state index in [2.05, 4.69) is 47.4 Å². The number of benzene rings is 2. The highest BCUT2D eigenvalue weighted by Gasteiger charge is 2.40. The highest BCUT2D eigenvalue weighted by atomic mass is 16.5. The maximum Gasteiger partial charge on any atom is 0.337 e. The van der Waals surface area contributed by atoms with Gasteiger partial charge in [0.25, 0.3) is 0 Å². The topological polar surface area (TPSA) is 49.8 Å². The van der Waals surface area contributed by atoms with Crippen LogP contribution in [0.15, 0.2) is 42.5 Å². The van der Waals surface area contributed by atoms with E-state index in [1.54, 1.807) is 0 Å². The van der Waals surface area contributed by atoms with Crippen molar-refractivity contribution in [1.29, 1.82) is 0 Å². The van der Waals surface area contributed by atoms with Gasteiger partial charge in [0, 0.05) is 19.6 Å². The smallest absolute Gasteiger partial charge is 0.337 e. The van der Waals surface area contributed by atoms with Gasteiger partial charge in [0.15, 0.2) is 5.60 Å². The van der Waals surface area contributed by atoms with Crippen LogP contribution in [-0.2, 0) is 16.0 Å². The first-order chi connectivity index (χ1) is 11.1. The third-order valence-electron chi connectivity index (χ3n) is 4.83. The van der Waals surface area contributed by atoms with E-state index in [4.69, 9.17) is 4.74 Å². The van der Waals surface area contributed by atoms with Crippen LogP contribution in [0.1, 0.15) is 18.4 Å². The molecule has 3 rings (SSSR count). The average molecular weight is 313 g/mol. The SMILES string of the molecule is COC(=O)C1(O)CCN(CCc2cccc3ccccc23)CC1. The van der Waals surface area contributed by atoms with Gasteiger partial charge in [-0.3, -0.25) is 0 Å². The quantitative estimate of drug-likeness (QED) is 0.881. The highest BCUT2D eigenvalue weighted by Crippen LogP contribution is 2.24. The monoisotopic (exact) mass is 313 g/mol. The Morgan fingerprint density at radius 3 is 2.61 bits per heavy atom. The molecule has 1 N–H and O–H groups in total. The summed E-state index contributed by atoms with van der Waals surface area (Å²) in [6.07, 6.45) is 1.85. The molecule has 0 unspecified atom stereocenters. The van der Waals surface area contributed by atoms with Crippen LogP contribution in [0.2, 0.25) is 0 Å². The van der Waals surface area contributed by atoms with Gasteiger partial charge >= 0.3 is 5.97 Å². The molecule has 0 saturated carbocycles. The van der Waals surface area contributed by atoms with Gasteiger partial charge in [-0.25, -0.2) is 4.79 Å². The molecule has 0 atom stereocenters. The second-order valence-corrected chi connectivity index (χ2v) is 6.25. The van der Waals surface area contributed by atoms with Crippen LogP contribution in [0.25, 0.3) is 10.8 Å². The molecule has 122 valence electrons. The molecular formula is C19H23NO3. The Kier molecular flexibility index (Phi) is 4.64. The first-order valence-corrected chi connectivity index (χ1v) is 8.12. The summed E-state index contributed by atoms with van der Waals surface area (Å²) in [6.45, 7) is 2.37. The number of piperidine rings is 1. The molecular weight excluding hydrogens is 290 g/mol. The number of hydrogen-bond acceptors (Lipinski definition) is 4. The van der Waals surface area contributed by atoms with E-state index < -0.39 is 11.6 Å². The summed E-state index contributed by atoms with van der Waals surface area (Å²) in [6, 6.07) is 14.8. The maximum atomic E-state index is 11.6. The molecule has 0 aromatic heterocycles. The van der Waals surface area contributed by atoms with Crippen molar-refractivity contribution in [1.82, 2.24) is 4.90 Å². The van der Waals surface area contributed by atoms with Crippen LogP contribution in [0, 0.1) is 0 Å². The third-order valence-corrected chi connectivity index (χ3v) is 4.83. The molecule has 0 amide bonds. The number of carbonyl (C=O) groups is 1. The van der Waals surface area contributed by atoms with Crippen LogP contribution in [-0.4, -0.2) is 48.3 Å². The Labute approximate surface area is 136 Å². The van der Waals surface area contributed by atoms with Crippen LogP contribution >= 0.6 is 0 Å². The summed E-state index contributed by atoms with van der Waals surface area (Å²) in [4.78, 5) is 13.9. The Balaban J connectivity index is 1.60. The molecule has 0 radical (unpaired) electrons. The molecule has 0 aliphatic carbocycles.